The highest BCUT2D eigenvalue weighted by Gasteiger charge is 2.21. The number of unbranched alkanes of at least 4 members (excludes halogenated alkanes) is 2. The van der Waals surface area contributed by atoms with Gasteiger partial charge in [-0.15, -0.1) is 0 Å². The van der Waals surface area contributed by atoms with Crippen molar-refractivity contribution in [3.63, 3.8) is 0 Å². The van der Waals surface area contributed by atoms with Gasteiger partial charge in [-0.25, -0.2) is 8.42 Å². The summed E-state index contributed by atoms with van der Waals surface area (Å²) >= 11 is 0. The van der Waals surface area contributed by atoms with Crippen molar-refractivity contribution in [1.82, 2.24) is 0 Å². The lowest BCUT2D eigenvalue weighted by Crippen LogP contribution is -2.33. The van der Waals surface area contributed by atoms with E-state index in [0.717, 1.165) is 24.8 Å². The smallest absolute Gasteiger partial charge is 0.265 e. The second-order valence-electron chi connectivity index (χ2n) is 8.38. The van der Waals surface area contributed by atoms with Gasteiger partial charge in [-0.3, -0.25) is 10.2 Å². The maximum absolute atomic E-state index is 13.1. The molecule has 0 aliphatic heterocycles. The van der Waals surface area contributed by atoms with Crippen LogP contribution in [-0.2, 0) is 14.6 Å². The van der Waals surface area contributed by atoms with Gasteiger partial charge in [0.2, 0.25) is 0 Å². The number of hydrogen-bond acceptors (Lipinski definition) is 5. The van der Waals surface area contributed by atoms with Gasteiger partial charge in [0.1, 0.15) is 11.6 Å². The van der Waals surface area contributed by atoms with Gasteiger partial charge in [0.05, 0.1) is 4.90 Å². The molecule has 0 spiro atoms. The number of nitrogens with one attached hydrogen (secondary N) is 2. The van der Waals surface area contributed by atoms with Crippen LogP contribution in [0.5, 0.6) is 5.75 Å². The van der Waals surface area contributed by atoms with E-state index in [4.69, 9.17) is 15.9 Å². The molecule has 1 atom stereocenters. The number of rotatable bonds is 11. The Balaban J connectivity index is 1.77. The van der Waals surface area contributed by atoms with Crippen LogP contribution in [0, 0.1) is 5.41 Å². The van der Waals surface area contributed by atoms with E-state index in [2.05, 4.69) is 12.2 Å². The van der Waals surface area contributed by atoms with Crippen LogP contribution >= 0.6 is 0 Å². The molecule has 35 heavy (non-hydrogen) atoms. The van der Waals surface area contributed by atoms with E-state index in [1.54, 1.807) is 72.8 Å². The molecular formula is C27H31N3O4S. The molecule has 1 amide bonds. The van der Waals surface area contributed by atoms with E-state index in [-0.39, 0.29) is 16.6 Å². The molecule has 3 aromatic rings. The molecule has 0 aromatic heterocycles. The summed E-state index contributed by atoms with van der Waals surface area (Å²) in [5.74, 6) is 0.126. The van der Waals surface area contributed by atoms with Crippen molar-refractivity contribution >= 4 is 27.3 Å². The number of benzene rings is 3. The topological polar surface area (TPSA) is 122 Å². The van der Waals surface area contributed by atoms with Gasteiger partial charge in [-0.1, -0.05) is 62.2 Å². The van der Waals surface area contributed by atoms with Gasteiger partial charge in [0.15, 0.2) is 15.9 Å². The summed E-state index contributed by atoms with van der Waals surface area (Å²) in [7, 11) is -3.38. The van der Waals surface area contributed by atoms with Crippen molar-refractivity contribution < 1.29 is 17.9 Å². The number of nitrogen functional groups attached to an aromatic ring is 1. The summed E-state index contributed by atoms with van der Waals surface area (Å²) in [5.41, 5.74) is 8.03. The maximum atomic E-state index is 13.1. The fourth-order valence-electron chi connectivity index (χ4n) is 3.71. The number of amidine groups is 1. The zero-order valence-corrected chi connectivity index (χ0v) is 20.8. The number of carbonyl (C=O) groups is 1. The lowest BCUT2D eigenvalue weighted by molar-refractivity contribution is -0.123. The number of ether oxygens (including phenoxy) is 1. The Bertz CT molecular complexity index is 1290. The van der Waals surface area contributed by atoms with Crippen LogP contribution in [0.1, 0.15) is 38.2 Å². The molecule has 0 aliphatic rings. The molecular weight excluding hydrogens is 462 g/mol. The lowest BCUT2D eigenvalue weighted by atomic mass is 10.1. The van der Waals surface area contributed by atoms with Crippen molar-refractivity contribution in [2.24, 2.45) is 5.73 Å². The molecule has 0 saturated heterocycles. The van der Waals surface area contributed by atoms with Crippen LogP contribution in [0.2, 0.25) is 0 Å². The van der Waals surface area contributed by atoms with Gasteiger partial charge < -0.3 is 15.8 Å². The molecule has 184 valence electrons. The largest absolute Gasteiger partial charge is 0.481 e. The van der Waals surface area contributed by atoms with Gasteiger partial charge >= 0.3 is 0 Å². The number of anilines is 1. The lowest BCUT2D eigenvalue weighted by Gasteiger charge is -2.19. The van der Waals surface area contributed by atoms with Crippen LogP contribution in [0.3, 0.4) is 0 Å². The summed E-state index contributed by atoms with van der Waals surface area (Å²) < 4.78 is 30.3. The van der Waals surface area contributed by atoms with E-state index in [0.29, 0.717) is 29.0 Å². The van der Waals surface area contributed by atoms with E-state index >= 15 is 0 Å². The van der Waals surface area contributed by atoms with Crippen molar-refractivity contribution in [1.29, 1.82) is 5.41 Å². The SMILES string of the molecule is CCCCCC(Oc1cccc(C(=N)N)c1)C(=O)Nc1ccc(-c2ccccc2S(C)(=O)=O)cc1. The molecule has 0 radical (unpaired) electrons. The van der Waals surface area contributed by atoms with Crippen LogP contribution < -0.4 is 15.8 Å². The second-order valence-corrected chi connectivity index (χ2v) is 10.4. The third-order valence-corrected chi connectivity index (χ3v) is 6.69. The highest BCUT2D eigenvalue weighted by Crippen LogP contribution is 2.28. The van der Waals surface area contributed by atoms with E-state index in [9.17, 15) is 13.2 Å². The number of nitrogens with two attached hydrogens (primary N) is 1. The van der Waals surface area contributed by atoms with E-state index in [1.165, 1.54) is 6.26 Å². The third-order valence-electron chi connectivity index (χ3n) is 5.54. The number of sulfone groups is 1. The summed E-state index contributed by atoms with van der Waals surface area (Å²) in [6.07, 6.45) is 3.85. The predicted molar refractivity (Wildman–Crippen MR) is 140 cm³/mol. The van der Waals surface area contributed by atoms with Gasteiger partial charge in [-0.2, -0.15) is 0 Å². The molecule has 3 rings (SSSR count). The van der Waals surface area contributed by atoms with Crippen LogP contribution in [0.25, 0.3) is 11.1 Å². The first-order valence-corrected chi connectivity index (χ1v) is 13.4. The Kier molecular flexibility index (Phi) is 8.65. The average molecular weight is 494 g/mol. The minimum Gasteiger partial charge on any atom is -0.481 e. The number of hydrogen-bond donors (Lipinski definition) is 3. The maximum Gasteiger partial charge on any atom is 0.265 e. The highest BCUT2D eigenvalue weighted by atomic mass is 32.2. The summed E-state index contributed by atoms with van der Waals surface area (Å²) in [5, 5.41) is 10.5. The minimum absolute atomic E-state index is 0.0695. The zero-order valence-electron chi connectivity index (χ0n) is 20.0. The van der Waals surface area contributed by atoms with Crippen molar-refractivity contribution in [3.8, 4) is 16.9 Å². The average Bonchev–Trinajstić information content (AvgIpc) is 2.83. The van der Waals surface area contributed by atoms with Crippen LogP contribution in [0.4, 0.5) is 5.69 Å². The summed E-state index contributed by atoms with van der Waals surface area (Å²) in [4.78, 5) is 13.3. The molecule has 1 unspecified atom stereocenters. The fraction of sp³-hybridized carbons (Fsp3) is 0.259. The van der Waals surface area contributed by atoms with Crippen molar-refractivity contribution in [3.05, 3.63) is 78.4 Å². The number of carbonyl (C=O) groups excluding carboxylic acids is 1. The molecule has 8 heteroatoms. The Hall–Kier alpha value is -3.65. The Morgan fingerprint density at radius 1 is 1.03 bits per heavy atom. The molecule has 3 aromatic carbocycles. The van der Waals surface area contributed by atoms with Crippen molar-refractivity contribution in [2.75, 3.05) is 11.6 Å². The van der Waals surface area contributed by atoms with Gasteiger partial charge in [0, 0.05) is 23.1 Å². The Morgan fingerprint density at radius 2 is 1.74 bits per heavy atom. The minimum atomic E-state index is -3.38. The zero-order chi connectivity index (χ0) is 25.4. The second kappa shape index (κ2) is 11.7. The van der Waals surface area contributed by atoms with E-state index < -0.39 is 15.9 Å². The molecule has 0 fully saturated rings. The molecule has 7 nitrogen and oxygen atoms in total. The van der Waals surface area contributed by atoms with Crippen molar-refractivity contribution in [2.45, 2.75) is 43.6 Å². The molecule has 0 saturated carbocycles. The van der Waals surface area contributed by atoms with Gasteiger partial charge in [0.25, 0.3) is 5.91 Å². The Morgan fingerprint density at radius 3 is 2.40 bits per heavy atom. The van der Waals surface area contributed by atoms with Crippen LogP contribution in [0.15, 0.2) is 77.7 Å². The normalized spacial score (nSPS) is 12.1. The first-order valence-electron chi connectivity index (χ1n) is 11.5. The van der Waals surface area contributed by atoms with Gasteiger partial charge in [-0.05, 0) is 48.7 Å². The fourth-order valence-corrected chi connectivity index (χ4v) is 4.62. The van der Waals surface area contributed by atoms with E-state index in [1.807, 2.05) is 0 Å². The standard InChI is InChI=1S/C27H31N3O4S/c1-3-4-5-12-24(34-22-10-8-9-20(18-22)26(28)29)27(31)30-21-16-14-19(15-17-21)23-11-6-7-13-25(23)35(2,32)33/h6-11,13-18,24H,3-5,12H2,1-2H3,(H3,28,29)(H,30,31). The third kappa shape index (κ3) is 7.16. The number of amides is 1. The summed E-state index contributed by atoms with van der Waals surface area (Å²) in [6.45, 7) is 2.09. The molecule has 4 N–H and O–H groups in total. The first kappa shape index (κ1) is 26.0. The molecule has 0 heterocycles. The molecule has 0 aliphatic carbocycles. The molecule has 0 bridgehead atoms. The quantitative estimate of drug-likeness (QED) is 0.197. The predicted octanol–water partition coefficient (Wildman–Crippen LogP) is 5.01. The Labute approximate surface area is 206 Å². The first-order chi connectivity index (χ1) is 16.7. The monoisotopic (exact) mass is 493 g/mol. The summed E-state index contributed by atoms with van der Waals surface area (Å²) in [6, 6.07) is 20.7. The van der Waals surface area contributed by atoms with Crippen LogP contribution in [-0.4, -0.2) is 32.5 Å². The highest BCUT2D eigenvalue weighted by molar-refractivity contribution is 7.90.